The molecule has 3 heteroatoms. The molecule has 0 bridgehead atoms. The molecule has 0 saturated heterocycles. The summed E-state index contributed by atoms with van der Waals surface area (Å²) in [5, 5.41) is 2.75. The van der Waals surface area contributed by atoms with Crippen molar-refractivity contribution in [3.8, 4) is 0 Å². The minimum absolute atomic E-state index is 0.355. The second-order valence-corrected chi connectivity index (χ2v) is 5.11. The highest BCUT2D eigenvalue weighted by Gasteiger charge is 2.15. The quantitative estimate of drug-likeness (QED) is 0.874. The van der Waals surface area contributed by atoms with Gasteiger partial charge in [-0.25, -0.2) is 4.79 Å². The molecule has 17 heavy (non-hydrogen) atoms. The topological polar surface area (TPSA) is 38.3 Å². The minimum atomic E-state index is -0.438. The lowest BCUT2D eigenvalue weighted by Crippen LogP contribution is -2.33. The van der Waals surface area contributed by atoms with Crippen LogP contribution in [0.1, 0.15) is 31.9 Å². The normalized spacial score (nSPS) is 11.1. The van der Waals surface area contributed by atoms with Crippen molar-refractivity contribution in [1.82, 2.24) is 5.32 Å². The number of ether oxygens (including phenoxy) is 1. The Labute approximate surface area is 103 Å². The second-order valence-electron chi connectivity index (χ2n) is 5.11. The van der Waals surface area contributed by atoms with Gasteiger partial charge >= 0.3 is 6.09 Å². The molecule has 0 aliphatic heterocycles. The summed E-state index contributed by atoms with van der Waals surface area (Å²) in [4.78, 5) is 11.4. The summed E-state index contributed by atoms with van der Waals surface area (Å²) in [6.07, 6.45) is 0.470. The molecule has 1 aromatic rings. The number of alkyl carbamates (subject to hydrolysis) is 1. The summed E-state index contributed by atoms with van der Waals surface area (Å²) in [7, 11) is 0. The Balaban J connectivity index is 2.34. The smallest absolute Gasteiger partial charge is 0.407 e. The highest BCUT2D eigenvalue weighted by atomic mass is 16.6. The van der Waals surface area contributed by atoms with Crippen LogP contribution in [-0.4, -0.2) is 18.2 Å². The molecule has 0 aromatic heterocycles. The molecule has 1 amide bonds. The third-order valence-corrected chi connectivity index (χ3v) is 2.32. The monoisotopic (exact) mass is 235 g/mol. The molecule has 1 N–H and O–H groups in total. The zero-order valence-corrected chi connectivity index (χ0v) is 11.0. The predicted octanol–water partition coefficient (Wildman–Crippen LogP) is 3.06. The zero-order valence-electron chi connectivity index (χ0n) is 11.0. The second kappa shape index (κ2) is 5.71. The maximum atomic E-state index is 11.4. The van der Waals surface area contributed by atoms with Crippen LogP contribution in [0.2, 0.25) is 0 Å². The van der Waals surface area contributed by atoms with Crippen LogP contribution in [0.4, 0.5) is 4.79 Å². The first-order valence-electron chi connectivity index (χ1n) is 5.90. The van der Waals surface area contributed by atoms with Crippen LogP contribution in [0.15, 0.2) is 24.3 Å². The molecular formula is C14H21NO2. The van der Waals surface area contributed by atoms with E-state index >= 15 is 0 Å². The number of aryl methyl sites for hydroxylation is 1. The van der Waals surface area contributed by atoms with Crippen LogP contribution in [0.5, 0.6) is 0 Å². The third-order valence-electron chi connectivity index (χ3n) is 2.32. The Hall–Kier alpha value is -1.51. The van der Waals surface area contributed by atoms with E-state index in [4.69, 9.17) is 4.74 Å². The lowest BCUT2D eigenvalue weighted by atomic mass is 10.1. The Bertz CT molecular complexity index is 380. The minimum Gasteiger partial charge on any atom is -0.444 e. The molecule has 0 aliphatic rings. The van der Waals surface area contributed by atoms with Gasteiger partial charge in [0.05, 0.1) is 0 Å². The van der Waals surface area contributed by atoms with E-state index in [1.54, 1.807) is 0 Å². The standard InChI is InChI=1S/C14H21NO2/c1-11-7-5-6-8-12(11)9-10-15-13(16)17-14(2,3)4/h5-8H,9-10H2,1-4H3,(H,15,16). The molecule has 0 unspecified atom stereocenters. The lowest BCUT2D eigenvalue weighted by molar-refractivity contribution is 0.0528. The van der Waals surface area contributed by atoms with E-state index < -0.39 is 5.60 Å². The van der Waals surface area contributed by atoms with Crippen LogP contribution >= 0.6 is 0 Å². The van der Waals surface area contributed by atoms with E-state index in [1.165, 1.54) is 11.1 Å². The van der Waals surface area contributed by atoms with Crippen LogP contribution < -0.4 is 5.32 Å². The number of benzene rings is 1. The van der Waals surface area contributed by atoms with E-state index in [-0.39, 0.29) is 6.09 Å². The van der Waals surface area contributed by atoms with Crippen molar-refractivity contribution >= 4 is 6.09 Å². The summed E-state index contributed by atoms with van der Waals surface area (Å²) < 4.78 is 5.16. The van der Waals surface area contributed by atoms with Crippen molar-refractivity contribution in [2.24, 2.45) is 0 Å². The molecule has 0 radical (unpaired) electrons. The number of rotatable bonds is 3. The van der Waals surface area contributed by atoms with Crippen molar-refractivity contribution in [3.63, 3.8) is 0 Å². The Morgan fingerprint density at radius 3 is 2.53 bits per heavy atom. The first kappa shape index (κ1) is 13.6. The highest BCUT2D eigenvalue weighted by Crippen LogP contribution is 2.08. The maximum absolute atomic E-state index is 11.4. The maximum Gasteiger partial charge on any atom is 0.407 e. The number of hydrogen-bond donors (Lipinski definition) is 1. The predicted molar refractivity (Wildman–Crippen MR) is 69.1 cm³/mol. The van der Waals surface area contributed by atoms with Gasteiger partial charge in [-0.05, 0) is 45.2 Å². The first-order chi connectivity index (χ1) is 7.88. The molecule has 0 saturated carbocycles. The average molecular weight is 235 g/mol. The third kappa shape index (κ3) is 5.38. The van der Waals surface area contributed by atoms with E-state index in [0.29, 0.717) is 6.54 Å². The molecule has 1 aromatic carbocycles. The zero-order chi connectivity index (χ0) is 12.9. The van der Waals surface area contributed by atoms with Gasteiger partial charge in [0.15, 0.2) is 0 Å². The van der Waals surface area contributed by atoms with Crippen molar-refractivity contribution in [2.75, 3.05) is 6.54 Å². The SMILES string of the molecule is Cc1ccccc1CCNC(=O)OC(C)(C)C. The highest BCUT2D eigenvalue weighted by molar-refractivity contribution is 5.67. The van der Waals surface area contributed by atoms with Crippen molar-refractivity contribution in [2.45, 2.75) is 39.7 Å². The fourth-order valence-corrected chi connectivity index (χ4v) is 1.50. The molecule has 0 heterocycles. The van der Waals surface area contributed by atoms with Crippen LogP contribution in [0.25, 0.3) is 0 Å². The number of carbonyl (C=O) groups is 1. The van der Waals surface area contributed by atoms with Crippen LogP contribution in [0.3, 0.4) is 0 Å². The van der Waals surface area contributed by atoms with Gasteiger partial charge < -0.3 is 10.1 Å². The number of hydrogen-bond acceptors (Lipinski definition) is 2. The van der Waals surface area contributed by atoms with Crippen molar-refractivity contribution in [1.29, 1.82) is 0 Å². The largest absolute Gasteiger partial charge is 0.444 e. The van der Waals surface area contributed by atoms with Crippen LogP contribution in [-0.2, 0) is 11.2 Å². The molecule has 0 atom stereocenters. The van der Waals surface area contributed by atoms with Gasteiger partial charge in [-0.2, -0.15) is 0 Å². The van der Waals surface area contributed by atoms with Gasteiger partial charge in [0.25, 0.3) is 0 Å². The van der Waals surface area contributed by atoms with Crippen molar-refractivity contribution < 1.29 is 9.53 Å². The fourth-order valence-electron chi connectivity index (χ4n) is 1.50. The van der Waals surface area contributed by atoms with E-state index in [2.05, 4.69) is 24.4 Å². The number of carbonyl (C=O) groups excluding carboxylic acids is 1. The van der Waals surface area contributed by atoms with Gasteiger partial charge in [-0.3, -0.25) is 0 Å². The fraction of sp³-hybridized carbons (Fsp3) is 0.500. The van der Waals surface area contributed by atoms with Gasteiger partial charge in [-0.1, -0.05) is 24.3 Å². The summed E-state index contributed by atoms with van der Waals surface area (Å²) in [6.45, 7) is 8.23. The molecule has 0 fully saturated rings. The summed E-state index contributed by atoms with van der Waals surface area (Å²) >= 11 is 0. The van der Waals surface area contributed by atoms with Crippen LogP contribution in [0, 0.1) is 6.92 Å². The Kier molecular flexibility index (Phi) is 4.55. The Morgan fingerprint density at radius 2 is 1.94 bits per heavy atom. The summed E-state index contributed by atoms with van der Waals surface area (Å²) in [6, 6.07) is 8.17. The van der Waals surface area contributed by atoms with Gasteiger partial charge in [0, 0.05) is 6.54 Å². The molecule has 1 rings (SSSR count). The molecule has 0 spiro atoms. The summed E-state index contributed by atoms with van der Waals surface area (Å²) in [5.74, 6) is 0. The molecule has 3 nitrogen and oxygen atoms in total. The lowest BCUT2D eigenvalue weighted by Gasteiger charge is -2.19. The average Bonchev–Trinajstić information content (AvgIpc) is 2.18. The molecule has 94 valence electrons. The number of amides is 1. The van der Waals surface area contributed by atoms with Gasteiger partial charge in [0.2, 0.25) is 0 Å². The van der Waals surface area contributed by atoms with E-state index in [0.717, 1.165) is 6.42 Å². The van der Waals surface area contributed by atoms with Gasteiger partial charge in [-0.15, -0.1) is 0 Å². The molecule has 0 aliphatic carbocycles. The number of nitrogens with one attached hydrogen (secondary N) is 1. The van der Waals surface area contributed by atoms with E-state index in [9.17, 15) is 4.79 Å². The molecular weight excluding hydrogens is 214 g/mol. The van der Waals surface area contributed by atoms with E-state index in [1.807, 2.05) is 32.9 Å². The first-order valence-corrected chi connectivity index (χ1v) is 5.90. The Morgan fingerprint density at radius 1 is 1.29 bits per heavy atom. The van der Waals surface area contributed by atoms with Gasteiger partial charge in [0.1, 0.15) is 5.60 Å². The summed E-state index contributed by atoms with van der Waals surface area (Å²) in [5.41, 5.74) is 2.06. The van der Waals surface area contributed by atoms with Crippen molar-refractivity contribution in [3.05, 3.63) is 35.4 Å².